The van der Waals surface area contributed by atoms with E-state index < -0.39 is 0 Å². The van der Waals surface area contributed by atoms with Gasteiger partial charge in [0.25, 0.3) is 0 Å². The lowest BCUT2D eigenvalue weighted by Crippen LogP contribution is -2.21. The molecule has 0 spiro atoms. The molecular weight excluding hydrogens is 188 g/mol. The summed E-state index contributed by atoms with van der Waals surface area (Å²) in [5.41, 5.74) is 2.68. The van der Waals surface area contributed by atoms with Gasteiger partial charge in [-0.2, -0.15) is 0 Å². The van der Waals surface area contributed by atoms with Crippen molar-refractivity contribution >= 4 is 16.8 Å². The van der Waals surface area contributed by atoms with Crippen LogP contribution in [0.3, 0.4) is 0 Å². The number of benzene rings is 1. The van der Waals surface area contributed by atoms with Gasteiger partial charge in [-0.3, -0.25) is 4.79 Å². The molecule has 0 aliphatic heterocycles. The van der Waals surface area contributed by atoms with Gasteiger partial charge in [0.15, 0.2) is 5.78 Å². The van der Waals surface area contributed by atoms with E-state index in [2.05, 4.69) is 9.97 Å². The van der Waals surface area contributed by atoms with Crippen LogP contribution in [0.25, 0.3) is 11.0 Å². The van der Waals surface area contributed by atoms with Crippen LogP contribution in [0.15, 0.2) is 24.5 Å². The fourth-order valence-corrected chi connectivity index (χ4v) is 1.99. The summed E-state index contributed by atoms with van der Waals surface area (Å²) in [4.78, 5) is 19.1. The second kappa shape index (κ2) is 3.19. The molecule has 1 N–H and O–H groups in total. The van der Waals surface area contributed by atoms with Gasteiger partial charge in [0, 0.05) is 11.5 Å². The molecule has 1 heterocycles. The number of nitrogens with one attached hydrogen (secondary N) is 1. The average Bonchev–Trinajstić information content (AvgIpc) is 2.61. The second-order valence-corrected chi connectivity index (χ2v) is 4.13. The van der Waals surface area contributed by atoms with Crippen molar-refractivity contribution in [1.82, 2.24) is 9.97 Å². The molecular formula is C12H12N2O. The number of ketones is 1. The third-order valence-electron chi connectivity index (χ3n) is 3.18. The van der Waals surface area contributed by atoms with Gasteiger partial charge in [-0.15, -0.1) is 0 Å². The average molecular weight is 200 g/mol. The Hall–Kier alpha value is -1.64. The minimum atomic E-state index is 0.269. The number of rotatable bonds is 2. The number of imidazole rings is 1. The number of hydrogen-bond donors (Lipinski definition) is 1. The highest BCUT2D eigenvalue weighted by Crippen LogP contribution is 2.30. The highest BCUT2D eigenvalue weighted by Gasteiger charge is 2.26. The van der Waals surface area contributed by atoms with Gasteiger partial charge < -0.3 is 4.98 Å². The van der Waals surface area contributed by atoms with Gasteiger partial charge in [0.2, 0.25) is 0 Å². The van der Waals surface area contributed by atoms with Crippen molar-refractivity contribution in [3.8, 4) is 0 Å². The minimum Gasteiger partial charge on any atom is -0.345 e. The minimum absolute atomic E-state index is 0.269. The molecule has 1 aliphatic rings. The van der Waals surface area contributed by atoms with Gasteiger partial charge in [-0.25, -0.2) is 4.98 Å². The molecule has 0 radical (unpaired) electrons. The van der Waals surface area contributed by atoms with Gasteiger partial charge in [0.05, 0.1) is 17.4 Å². The Labute approximate surface area is 87.5 Å². The number of carbonyl (C=O) groups excluding carboxylic acids is 1. The first-order valence-corrected chi connectivity index (χ1v) is 5.32. The summed E-state index contributed by atoms with van der Waals surface area (Å²) in [6, 6.07) is 5.69. The Bertz CT molecular complexity index is 511. The van der Waals surface area contributed by atoms with E-state index in [9.17, 15) is 4.79 Å². The van der Waals surface area contributed by atoms with Crippen LogP contribution in [0.2, 0.25) is 0 Å². The monoisotopic (exact) mass is 200 g/mol. The van der Waals surface area contributed by atoms with Gasteiger partial charge in [-0.1, -0.05) is 6.42 Å². The van der Waals surface area contributed by atoms with E-state index >= 15 is 0 Å². The number of nitrogens with zero attached hydrogens (tertiary/aromatic N) is 1. The van der Waals surface area contributed by atoms with Crippen molar-refractivity contribution in [3.05, 3.63) is 30.1 Å². The maximum Gasteiger partial charge on any atom is 0.166 e. The van der Waals surface area contributed by atoms with Crippen LogP contribution in [-0.4, -0.2) is 15.8 Å². The van der Waals surface area contributed by atoms with E-state index in [0.717, 1.165) is 29.4 Å². The first kappa shape index (κ1) is 8.65. The van der Waals surface area contributed by atoms with Gasteiger partial charge in [0.1, 0.15) is 0 Å². The highest BCUT2D eigenvalue weighted by molar-refractivity contribution is 6.00. The van der Waals surface area contributed by atoms with Crippen molar-refractivity contribution in [1.29, 1.82) is 0 Å². The molecule has 2 aromatic rings. The molecule has 15 heavy (non-hydrogen) atoms. The standard InChI is InChI=1S/C12H12N2O/c15-12(8-2-1-3-8)9-4-5-10-11(6-9)14-7-13-10/h4-8H,1-3H2,(H,13,14). The molecule has 76 valence electrons. The van der Waals surface area contributed by atoms with Gasteiger partial charge in [-0.05, 0) is 31.0 Å². The summed E-state index contributed by atoms with van der Waals surface area (Å²) in [7, 11) is 0. The van der Waals surface area contributed by atoms with E-state index in [1.165, 1.54) is 6.42 Å². The molecule has 3 rings (SSSR count). The summed E-state index contributed by atoms with van der Waals surface area (Å²) < 4.78 is 0. The Morgan fingerprint density at radius 3 is 3.00 bits per heavy atom. The zero-order valence-electron chi connectivity index (χ0n) is 8.36. The first-order chi connectivity index (χ1) is 7.34. The normalized spacial score (nSPS) is 16.5. The first-order valence-electron chi connectivity index (χ1n) is 5.32. The summed E-state index contributed by atoms with van der Waals surface area (Å²) >= 11 is 0. The van der Waals surface area contributed by atoms with Crippen molar-refractivity contribution in [2.75, 3.05) is 0 Å². The number of Topliss-reactive ketones (excluding diaryl/α,β-unsaturated/α-hetero) is 1. The fourth-order valence-electron chi connectivity index (χ4n) is 1.99. The maximum absolute atomic E-state index is 12.0. The van der Waals surface area contributed by atoms with Gasteiger partial charge >= 0.3 is 0 Å². The molecule has 1 aromatic heterocycles. The Balaban J connectivity index is 1.99. The summed E-state index contributed by atoms with van der Waals surface area (Å²) in [5.74, 6) is 0.558. The van der Waals surface area contributed by atoms with Crippen LogP contribution in [0.1, 0.15) is 29.6 Å². The number of hydrogen-bond acceptors (Lipinski definition) is 2. The van der Waals surface area contributed by atoms with Crippen LogP contribution < -0.4 is 0 Å². The number of carbonyl (C=O) groups is 1. The smallest absolute Gasteiger partial charge is 0.166 e. The number of fused-ring (bicyclic) bond motifs is 1. The van der Waals surface area contributed by atoms with Crippen LogP contribution in [0.5, 0.6) is 0 Å². The molecule has 0 saturated heterocycles. The topological polar surface area (TPSA) is 45.8 Å². The highest BCUT2D eigenvalue weighted by atomic mass is 16.1. The third kappa shape index (κ3) is 1.35. The van der Waals surface area contributed by atoms with Crippen molar-refractivity contribution in [2.24, 2.45) is 5.92 Å². The summed E-state index contributed by atoms with van der Waals surface area (Å²) in [6.45, 7) is 0. The van der Waals surface area contributed by atoms with E-state index in [1.807, 2.05) is 18.2 Å². The number of aromatic nitrogens is 2. The zero-order valence-corrected chi connectivity index (χ0v) is 8.36. The van der Waals surface area contributed by atoms with Crippen LogP contribution in [-0.2, 0) is 0 Å². The van der Waals surface area contributed by atoms with Crippen molar-refractivity contribution in [2.45, 2.75) is 19.3 Å². The van der Waals surface area contributed by atoms with Crippen LogP contribution >= 0.6 is 0 Å². The van der Waals surface area contributed by atoms with Crippen molar-refractivity contribution < 1.29 is 4.79 Å². The van der Waals surface area contributed by atoms with Crippen molar-refractivity contribution in [3.63, 3.8) is 0 Å². The van der Waals surface area contributed by atoms with E-state index in [0.29, 0.717) is 0 Å². The molecule has 3 heteroatoms. The van der Waals surface area contributed by atoms with E-state index in [-0.39, 0.29) is 11.7 Å². The lowest BCUT2D eigenvalue weighted by molar-refractivity contribution is 0.0855. The quantitative estimate of drug-likeness (QED) is 0.757. The molecule has 1 aromatic carbocycles. The Kier molecular flexibility index (Phi) is 1.84. The predicted octanol–water partition coefficient (Wildman–Crippen LogP) is 2.55. The number of aromatic amines is 1. The molecule has 1 saturated carbocycles. The van der Waals surface area contributed by atoms with E-state index in [1.54, 1.807) is 6.33 Å². The predicted molar refractivity (Wildman–Crippen MR) is 57.8 cm³/mol. The molecule has 3 nitrogen and oxygen atoms in total. The lowest BCUT2D eigenvalue weighted by Gasteiger charge is -2.23. The molecule has 0 bridgehead atoms. The lowest BCUT2D eigenvalue weighted by atomic mass is 9.80. The fraction of sp³-hybridized carbons (Fsp3) is 0.333. The summed E-state index contributed by atoms with van der Waals surface area (Å²) in [6.07, 6.45) is 4.96. The maximum atomic E-state index is 12.0. The Morgan fingerprint density at radius 2 is 2.27 bits per heavy atom. The largest absolute Gasteiger partial charge is 0.345 e. The van der Waals surface area contributed by atoms with E-state index in [4.69, 9.17) is 0 Å². The molecule has 0 amide bonds. The second-order valence-electron chi connectivity index (χ2n) is 4.13. The van der Waals surface area contributed by atoms with Crippen LogP contribution in [0.4, 0.5) is 0 Å². The molecule has 1 fully saturated rings. The number of H-pyrrole nitrogens is 1. The zero-order chi connectivity index (χ0) is 10.3. The summed E-state index contributed by atoms with van der Waals surface area (Å²) in [5, 5.41) is 0. The van der Waals surface area contributed by atoms with Crippen LogP contribution in [0, 0.1) is 5.92 Å². The Morgan fingerprint density at radius 1 is 1.40 bits per heavy atom. The molecule has 0 atom stereocenters. The molecule has 0 unspecified atom stereocenters. The SMILES string of the molecule is O=C(c1ccc2nc[nH]c2c1)C1CCC1. The third-order valence-corrected chi connectivity index (χ3v) is 3.18. The molecule has 1 aliphatic carbocycles.